The lowest BCUT2D eigenvalue weighted by Gasteiger charge is -2.32. The van der Waals surface area contributed by atoms with Crippen molar-refractivity contribution in [3.8, 4) is 0 Å². The minimum atomic E-state index is -0.531. The smallest absolute Gasteiger partial charge is 0.241 e. The molecular formula is C19H29N3O2S. The molecule has 6 heteroatoms. The highest BCUT2D eigenvalue weighted by atomic mass is 32.2. The van der Waals surface area contributed by atoms with Gasteiger partial charge in [-0.3, -0.25) is 9.59 Å². The third-order valence-corrected chi connectivity index (χ3v) is 5.36. The van der Waals surface area contributed by atoms with Crippen LogP contribution in [0, 0.1) is 5.92 Å². The van der Waals surface area contributed by atoms with Crippen LogP contribution in [0.4, 0.5) is 0 Å². The zero-order valence-corrected chi connectivity index (χ0v) is 15.8. The summed E-state index contributed by atoms with van der Waals surface area (Å²) in [6.07, 6.45) is 5.72. The van der Waals surface area contributed by atoms with Crippen molar-refractivity contribution >= 4 is 23.6 Å². The van der Waals surface area contributed by atoms with Gasteiger partial charge in [-0.05, 0) is 49.2 Å². The van der Waals surface area contributed by atoms with Gasteiger partial charge in [0.2, 0.25) is 11.8 Å². The van der Waals surface area contributed by atoms with Crippen molar-refractivity contribution in [3.63, 3.8) is 0 Å². The monoisotopic (exact) mass is 363 g/mol. The molecule has 1 aliphatic heterocycles. The van der Waals surface area contributed by atoms with Crippen molar-refractivity contribution in [1.82, 2.24) is 10.2 Å². The molecule has 138 valence electrons. The number of nitrogens with zero attached hydrogens (tertiary/aromatic N) is 1. The summed E-state index contributed by atoms with van der Waals surface area (Å²) >= 11 is 1.66. The number of thioether (sulfide) groups is 1. The second kappa shape index (κ2) is 10.5. The highest BCUT2D eigenvalue weighted by Crippen LogP contribution is 2.21. The minimum Gasteiger partial charge on any atom is -0.346 e. The predicted octanol–water partition coefficient (Wildman–Crippen LogP) is 1.66. The Labute approximate surface area is 154 Å². The first-order valence-corrected chi connectivity index (χ1v) is 10.3. The Balaban J connectivity index is 1.68. The lowest BCUT2D eigenvalue weighted by Crippen LogP contribution is -2.48. The fourth-order valence-electron chi connectivity index (χ4n) is 3.12. The maximum absolute atomic E-state index is 12.3. The molecule has 5 nitrogen and oxygen atoms in total. The van der Waals surface area contributed by atoms with Crippen molar-refractivity contribution in [2.24, 2.45) is 11.7 Å². The Morgan fingerprint density at radius 1 is 1.28 bits per heavy atom. The molecule has 0 aromatic heterocycles. The summed E-state index contributed by atoms with van der Waals surface area (Å²) in [5, 5.41) is 2.68. The molecule has 2 rings (SSSR count). The molecule has 2 amide bonds. The first-order valence-electron chi connectivity index (χ1n) is 8.94. The number of amides is 2. The van der Waals surface area contributed by atoms with Crippen LogP contribution in [-0.4, -0.2) is 54.4 Å². The van der Waals surface area contributed by atoms with Crippen LogP contribution in [0.5, 0.6) is 0 Å². The Morgan fingerprint density at radius 3 is 2.60 bits per heavy atom. The fraction of sp³-hybridized carbons (Fsp3) is 0.579. The molecule has 0 spiro atoms. The van der Waals surface area contributed by atoms with Gasteiger partial charge < -0.3 is 16.0 Å². The Bertz CT molecular complexity index is 545. The number of piperidine rings is 1. The topological polar surface area (TPSA) is 75.4 Å². The highest BCUT2D eigenvalue weighted by Gasteiger charge is 2.23. The SMILES string of the molecule is CSCC[C@H](N)C(=O)NCC(=O)N1CCC(Cc2ccccc2)CC1. The molecule has 3 N–H and O–H groups in total. The van der Waals surface area contributed by atoms with Crippen LogP contribution in [0.3, 0.4) is 0 Å². The van der Waals surface area contributed by atoms with Crippen LogP contribution < -0.4 is 11.1 Å². The number of nitrogens with one attached hydrogen (secondary N) is 1. The fourth-order valence-corrected chi connectivity index (χ4v) is 3.61. The molecule has 0 unspecified atom stereocenters. The van der Waals surface area contributed by atoms with Crippen molar-refractivity contribution in [2.75, 3.05) is 31.6 Å². The highest BCUT2D eigenvalue weighted by molar-refractivity contribution is 7.98. The molecule has 1 fully saturated rings. The van der Waals surface area contributed by atoms with E-state index in [0.717, 1.165) is 38.1 Å². The van der Waals surface area contributed by atoms with Gasteiger partial charge >= 0.3 is 0 Å². The molecule has 0 saturated carbocycles. The van der Waals surface area contributed by atoms with Gasteiger partial charge in [0.25, 0.3) is 0 Å². The molecule has 0 bridgehead atoms. The van der Waals surface area contributed by atoms with Crippen LogP contribution in [-0.2, 0) is 16.0 Å². The van der Waals surface area contributed by atoms with E-state index in [2.05, 4.69) is 29.6 Å². The summed E-state index contributed by atoms with van der Waals surface area (Å²) in [7, 11) is 0. The third-order valence-electron chi connectivity index (χ3n) is 4.72. The van der Waals surface area contributed by atoms with Crippen LogP contribution in [0.25, 0.3) is 0 Å². The van der Waals surface area contributed by atoms with E-state index in [1.807, 2.05) is 17.2 Å². The second-order valence-electron chi connectivity index (χ2n) is 6.62. The molecule has 1 aliphatic rings. The van der Waals surface area contributed by atoms with E-state index in [4.69, 9.17) is 5.73 Å². The number of nitrogens with two attached hydrogens (primary N) is 1. The maximum atomic E-state index is 12.3. The average Bonchev–Trinajstić information content (AvgIpc) is 2.65. The zero-order valence-electron chi connectivity index (χ0n) is 14.9. The molecule has 1 aromatic rings. The molecule has 1 saturated heterocycles. The van der Waals surface area contributed by atoms with E-state index in [1.54, 1.807) is 11.8 Å². The zero-order chi connectivity index (χ0) is 18.1. The molecular weight excluding hydrogens is 334 g/mol. The van der Waals surface area contributed by atoms with E-state index >= 15 is 0 Å². The van der Waals surface area contributed by atoms with Gasteiger partial charge in [-0.2, -0.15) is 11.8 Å². The number of carbonyl (C=O) groups is 2. The van der Waals surface area contributed by atoms with E-state index < -0.39 is 6.04 Å². The van der Waals surface area contributed by atoms with Crippen molar-refractivity contribution in [1.29, 1.82) is 0 Å². The number of likely N-dealkylation sites (tertiary alicyclic amines) is 1. The van der Waals surface area contributed by atoms with Crippen LogP contribution in [0.1, 0.15) is 24.8 Å². The maximum Gasteiger partial charge on any atom is 0.241 e. The van der Waals surface area contributed by atoms with E-state index in [9.17, 15) is 9.59 Å². The largest absolute Gasteiger partial charge is 0.346 e. The van der Waals surface area contributed by atoms with Gasteiger partial charge in [-0.25, -0.2) is 0 Å². The summed E-state index contributed by atoms with van der Waals surface area (Å²) in [5.41, 5.74) is 7.17. The first kappa shape index (κ1) is 19.8. The van der Waals surface area contributed by atoms with Gasteiger partial charge in [0.05, 0.1) is 12.6 Å². The number of carbonyl (C=O) groups excluding carboxylic acids is 2. The van der Waals surface area contributed by atoms with Gasteiger partial charge in [0, 0.05) is 13.1 Å². The number of benzene rings is 1. The summed E-state index contributed by atoms with van der Waals surface area (Å²) in [6, 6.07) is 9.96. The minimum absolute atomic E-state index is 0.0106. The third kappa shape index (κ3) is 6.71. The predicted molar refractivity (Wildman–Crippen MR) is 103 cm³/mol. The van der Waals surface area contributed by atoms with E-state index in [-0.39, 0.29) is 18.4 Å². The van der Waals surface area contributed by atoms with Crippen molar-refractivity contribution < 1.29 is 9.59 Å². The Morgan fingerprint density at radius 2 is 1.96 bits per heavy atom. The average molecular weight is 364 g/mol. The van der Waals surface area contributed by atoms with Crippen LogP contribution >= 0.6 is 11.8 Å². The number of hydrogen-bond acceptors (Lipinski definition) is 4. The number of hydrogen-bond donors (Lipinski definition) is 2. The molecule has 0 aliphatic carbocycles. The summed E-state index contributed by atoms with van der Waals surface area (Å²) in [4.78, 5) is 26.0. The van der Waals surface area contributed by atoms with E-state index in [1.165, 1.54) is 5.56 Å². The molecule has 0 radical (unpaired) electrons. The normalized spacial score (nSPS) is 16.5. The molecule has 25 heavy (non-hydrogen) atoms. The van der Waals surface area contributed by atoms with Gasteiger partial charge in [0.1, 0.15) is 0 Å². The molecule has 1 aromatic carbocycles. The standard InChI is InChI=1S/C19H29N3O2S/c1-25-12-9-17(20)19(24)21-14-18(23)22-10-7-16(8-11-22)13-15-5-3-2-4-6-15/h2-6,16-17H,7-14,20H2,1H3,(H,21,24)/t17-/m0/s1. The Hall–Kier alpha value is -1.53. The van der Waals surface area contributed by atoms with Gasteiger partial charge in [-0.15, -0.1) is 0 Å². The summed E-state index contributed by atoms with van der Waals surface area (Å²) in [5.74, 6) is 1.23. The van der Waals surface area contributed by atoms with Gasteiger partial charge in [0.15, 0.2) is 0 Å². The van der Waals surface area contributed by atoms with Crippen LogP contribution in [0.15, 0.2) is 30.3 Å². The van der Waals surface area contributed by atoms with Crippen molar-refractivity contribution in [2.45, 2.75) is 31.7 Å². The van der Waals surface area contributed by atoms with Crippen LogP contribution in [0.2, 0.25) is 0 Å². The lowest BCUT2D eigenvalue weighted by atomic mass is 9.90. The second-order valence-corrected chi connectivity index (χ2v) is 7.61. The van der Waals surface area contributed by atoms with Crippen molar-refractivity contribution in [3.05, 3.63) is 35.9 Å². The quantitative estimate of drug-likeness (QED) is 0.737. The Kier molecular flexibility index (Phi) is 8.28. The molecule has 1 atom stereocenters. The first-order chi connectivity index (χ1) is 12.1. The molecule has 1 heterocycles. The number of rotatable bonds is 8. The van der Waals surface area contributed by atoms with Gasteiger partial charge in [-0.1, -0.05) is 30.3 Å². The summed E-state index contributed by atoms with van der Waals surface area (Å²) in [6.45, 7) is 1.59. The summed E-state index contributed by atoms with van der Waals surface area (Å²) < 4.78 is 0. The van der Waals surface area contributed by atoms with E-state index in [0.29, 0.717) is 12.3 Å². The lowest BCUT2D eigenvalue weighted by molar-refractivity contribution is -0.134.